The average molecular weight is 238 g/mol. The summed E-state index contributed by atoms with van der Waals surface area (Å²) in [5.74, 6) is 0. The lowest BCUT2D eigenvalue weighted by molar-refractivity contribution is 0.478. The van der Waals surface area contributed by atoms with Crippen LogP contribution < -0.4 is 0 Å². The maximum Gasteiger partial charge on any atom is 0.314 e. The standard InChI is InChI=1S/C10H10N2O3S/c1-8-7-10(16(13,14)15)11-12(8)9-5-3-2-4-6-9/h2-7H,1H3,(H,13,14,15). The van der Waals surface area contributed by atoms with Gasteiger partial charge in [0.1, 0.15) is 0 Å². The van der Waals surface area contributed by atoms with Crippen molar-refractivity contribution >= 4 is 10.1 Å². The Bertz CT molecular complexity index is 602. The minimum Gasteiger partial charge on any atom is -0.281 e. The van der Waals surface area contributed by atoms with E-state index in [-0.39, 0.29) is 5.03 Å². The second-order valence-electron chi connectivity index (χ2n) is 3.35. The number of aromatic nitrogens is 2. The van der Waals surface area contributed by atoms with Gasteiger partial charge in [-0.2, -0.15) is 13.5 Å². The molecular weight excluding hydrogens is 228 g/mol. The monoisotopic (exact) mass is 238 g/mol. The highest BCUT2D eigenvalue weighted by atomic mass is 32.2. The molecule has 0 radical (unpaired) electrons. The lowest BCUT2D eigenvalue weighted by Gasteiger charge is -2.02. The molecule has 6 heteroatoms. The van der Waals surface area contributed by atoms with E-state index in [1.807, 2.05) is 18.2 Å². The summed E-state index contributed by atoms with van der Waals surface area (Å²) in [7, 11) is -4.24. The van der Waals surface area contributed by atoms with Crippen molar-refractivity contribution in [3.8, 4) is 5.69 Å². The van der Waals surface area contributed by atoms with Gasteiger partial charge in [-0.25, -0.2) is 4.68 Å². The van der Waals surface area contributed by atoms with E-state index in [2.05, 4.69) is 5.10 Å². The molecule has 0 unspecified atom stereocenters. The average Bonchev–Trinajstić information content (AvgIpc) is 2.61. The molecule has 5 nitrogen and oxygen atoms in total. The lowest BCUT2D eigenvalue weighted by atomic mass is 10.3. The summed E-state index contributed by atoms with van der Waals surface area (Å²) in [5, 5.41) is 3.49. The second-order valence-corrected chi connectivity index (χ2v) is 4.71. The third kappa shape index (κ3) is 1.98. The van der Waals surface area contributed by atoms with Crippen molar-refractivity contribution in [1.29, 1.82) is 0 Å². The summed E-state index contributed by atoms with van der Waals surface area (Å²) in [6.07, 6.45) is 0. The van der Waals surface area contributed by atoms with E-state index in [0.29, 0.717) is 5.69 Å². The molecule has 0 saturated heterocycles. The molecule has 16 heavy (non-hydrogen) atoms. The van der Waals surface area contributed by atoms with Crippen molar-refractivity contribution in [1.82, 2.24) is 9.78 Å². The van der Waals surface area contributed by atoms with Gasteiger partial charge in [0, 0.05) is 11.8 Å². The quantitative estimate of drug-likeness (QED) is 0.803. The van der Waals surface area contributed by atoms with Crippen molar-refractivity contribution in [3.05, 3.63) is 42.1 Å². The van der Waals surface area contributed by atoms with E-state index in [9.17, 15) is 8.42 Å². The molecule has 2 rings (SSSR count). The fourth-order valence-corrected chi connectivity index (χ4v) is 1.91. The zero-order valence-corrected chi connectivity index (χ0v) is 9.35. The maximum atomic E-state index is 10.9. The Labute approximate surface area is 93.1 Å². The summed E-state index contributed by atoms with van der Waals surface area (Å²) in [6, 6.07) is 10.4. The van der Waals surface area contributed by atoms with Crippen LogP contribution >= 0.6 is 0 Å². The smallest absolute Gasteiger partial charge is 0.281 e. The highest BCUT2D eigenvalue weighted by Gasteiger charge is 2.16. The van der Waals surface area contributed by atoms with E-state index in [4.69, 9.17) is 4.55 Å². The highest BCUT2D eigenvalue weighted by molar-refractivity contribution is 7.85. The Balaban J connectivity index is 2.57. The van der Waals surface area contributed by atoms with E-state index in [1.165, 1.54) is 10.7 Å². The molecule has 1 heterocycles. The maximum absolute atomic E-state index is 10.9. The van der Waals surface area contributed by atoms with Crippen LogP contribution in [-0.2, 0) is 10.1 Å². The number of para-hydroxylation sites is 1. The Morgan fingerprint density at radius 2 is 1.88 bits per heavy atom. The SMILES string of the molecule is Cc1cc(S(=O)(=O)O)nn1-c1ccccc1. The van der Waals surface area contributed by atoms with Gasteiger partial charge >= 0.3 is 10.1 Å². The number of benzene rings is 1. The van der Waals surface area contributed by atoms with Gasteiger partial charge in [-0.3, -0.25) is 4.55 Å². The van der Waals surface area contributed by atoms with Gasteiger partial charge in [0.05, 0.1) is 5.69 Å². The summed E-state index contributed by atoms with van der Waals surface area (Å²) in [6.45, 7) is 1.72. The Morgan fingerprint density at radius 3 is 2.38 bits per heavy atom. The van der Waals surface area contributed by atoms with Crippen LogP contribution in [0.15, 0.2) is 41.4 Å². The first-order valence-corrected chi connectivity index (χ1v) is 6.02. The molecule has 1 aromatic carbocycles. The van der Waals surface area contributed by atoms with Gasteiger partial charge < -0.3 is 0 Å². The topological polar surface area (TPSA) is 72.2 Å². The van der Waals surface area contributed by atoms with Crippen LogP contribution in [-0.4, -0.2) is 22.8 Å². The number of hydrogen-bond acceptors (Lipinski definition) is 3. The van der Waals surface area contributed by atoms with Gasteiger partial charge in [-0.1, -0.05) is 18.2 Å². The Kier molecular flexibility index (Phi) is 2.53. The number of rotatable bonds is 2. The van der Waals surface area contributed by atoms with Gasteiger partial charge in [0.25, 0.3) is 0 Å². The molecule has 2 aromatic rings. The molecule has 1 aromatic heterocycles. The van der Waals surface area contributed by atoms with E-state index < -0.39 is 10.1 Å². The third-order valence-electron chi connectivity index (χ3n) is 2.13. The molecule has 0 spiro atoms. The molecular formula is C10H10N2O3S. The summed E-state index contributed by atoms with van der Waals surface area (Å²) in [4.78, 5) is 0. The van der Waals surface area contributed by atoms with Gasteiger partial charge in [-0.15, -0.1) is 0 Å². The first-order chi connectivity index (χ1) is 7.48. The van der Waals surface area contributed by atoms with E-state index >= 15 is 0 Å². The molecule has 0 atom stereocenters. The number of hydrogen-bond donors (Lipinski definition) is 1. The molecule has 0 fully saturated rings. The molecule has 0 aliphatic heterocycles. The summed E-state index contributed by atoms with van der Waals surface area (Å²) >= 11 is 0. The first-order valence-electron chi connectivity index (χ1n) is 4.58. The molecule has 84 valence electrons. The largest absolute Gasteiger partial charge is 0.314 e. The van der Waals surface area contributed by atoms with Crippen molar-refractivity contribution in [2.24, 2.45) is 0 Å². The van der Waals surface area contributed by atoms with E-state index in [1.54, 1.807) is 19.1 Å². The third-order valence-corrected chi connectivity index (χ3v) is 2.86. The predicted molar refractivity (Wildman–Crippen MR) is 58.1 cm³/mol. The van der Waals surface area contributed by atoms with Crippen LogP contribution in [0.4, 0.5) is 0 Å². The molecule has 0 bridgehead atoms. The lowest BCUT2D eigenvalue weighted by Crippen LogP contribution is -2.02. The van der Waals surface area contributed by atoms with Crippen molar-refractivity contribution in [2.45, 2.75) is 11.9 Å². The minimum absolute atomic E-state index is 0.339. The molecule has 1 N–H and O–H groups in total. The predicted octanol–water partition coefficient (Wildman–Crippen LogP) is 1.43. The number of aryl methyl sites for hydroxylation is 1. The minimum atomic E-state index is -4.24. The molecule has 0 amide bonds. The fourth-order valence-electron chi connectivity index (χ4n) is 1.40. The molecule has 0 saturated carbocycles. The van der Waals surface area contributed by atoms with Crippen molar-refractivity contribution in [3.63, 3.8) is 0 Å². The Hall–Kier alpha value is -1.66. The van der Waals surface area contributed by atoms with Crippen molar-refractivity contribution < 1.29 is 13.0 Å². The Morgan fingerprint density at radius 1 is 1.25 bits per heavy atom. The van der Waals surface area contributed by atoms with E-state index in [0.717, 1.165) is 5.69 Å². The second kappa shape index (κ2) is 3.73. The zero-order valence-electron chi connectivity index (χ0n) is 8.53. The highest BCUT2D eigenvalue weighted by Crippen LogP contribution is 2.14. The van der Waals surface area contributed by atoms with Crippen LogP contribution in [0.1, 0.15) is 5.69 Å². The van der Waals surface area contributed by atoms with Gasteiger partial charge in [0.15, 0.2) is 0 Å². The molecule has 0 aliphatic carbocycles. The normalized spacial score (nSPS) is 11.6. The van der Waals surface area contributed by atoms with Crippen LogP contribution in [0.5, 0.6) is 0 Å². The van der Waals surface area contributed by atoms with Crippen molar-refractivity contribution in [2.75, 3.05) is 0 Å². The summed E-state index contributed by atoms with van der Waals surface area (Å²) < 4.78 is 32.2. The first kappa shape index (κ1) is 10.8. The number of nitrogens with zero attached hydrogens (tertiary/aromatic N) is 2. The molecule has 0 aliphatic rings. The summed E-state index contributed by atoms with van der Waals surface area (Å²) in [5.41, 5.74) is 1.38. The van der Waals surface area contributed by atoms with Crippen LogP contribution in [0.2, 0.25) is 0 Å². The van der Waals surface area contributed by atoms with Crippen LogP contribution in [0.3, 0.4) is 0 Å². The van der Waals surface area contributed by atoms with Crippen LogP contribution in [0, 0.1) is 6.92 Å². The van der Waals surface area contributed by atoms with Crippen LogP contribution in [0.25, 0.3) is 5.69 Å². The zero-order chi connectivity index (χ0) is 11.8. The fraction of sp³-hybridized carbons (Fsp3) is 0.100. The van der Waals surface area contributed by atoms with Gasteiger partial charge in [-0.05, 0) is 19.1 Å². The van der Waals surface area contributed by atoms with Gasteiger partial charge in [0.2, 0.25) is 5.03 Å².